The van der Waals surface area contributed by atoms with Crippen LogP contribution in [0.3, 0.4) is 0 Å². The second-order valence-electron chi connectivity index (χ2n) is 2.83. The molecule has 0 spiro atoms. The van der Waals surface area contributed by atoms with Gasteiger partial charge >= 0.3 is 0 Å². The van der Waals surface area contributed by atoms with Crippen LogP contribution in [-0.4, -0.2) is 42.7 Å². The van der Waals surface area contributed by atoms with E-state index in [0.29, 0.717) is 13.2 Å². The summed E-state index contributed by atoms with van der Waals surface area (Å²) in [6, 6.07) is 0. The van der Waals surface area contributed by atoms with Crippen LogP contribution in [0, 0.1) is 0 Å². The summed E-state index contributed by atoms with van der Waals surface area (Å²) in [5, 5.41) is 0. The summed E-state index contributed by atoms with van der Waals surface area (Å²) in [6.07, 6.45) is 1.03. The maximum absolute atomic E-state index is 5.50. The molecule has 0 radical (unpaired) electrons. The van der Waals surface area contributed by atoms with Crippen LogP contribution < -0.4 is 0 Å². The Hall–Kier alpha value is 0.0969. The highest BCUT2D eigenvalue weighted by Crippen LogP contribution is 2.43. The molecule has 0 saturated heterocycles. The molecule has 0 aromatic heterocycles. The van der Waals surface area contributed by atoms with Gasteiger partial charge in [-0.05, 0) is 31.7 Å². The van der Waals surface area contributed by atoms with Gasteiger partial charge in [0.25, 0.3) is 0 Å². The molecule has 1 fully saturated rings. The first kappa shape index (κ1) is 13.1. The van der Waals surface area contributed by atoms with E-state index in [1.54, 1.807) is 0 Å². The minimum atomic E-state index is -0.403. The minimum absolute atomic E-state index is 0. The van der Waals surface area contributed by atoms with E-state index in [1.165, 1.54) is 0 Å². The third-order valence-corrected chi connectivity index (χ3v) is 1.95. The Morgan fingerprint density at radius 3 is 2.00 bits per heavy atom. The quantitative estimate of drug-likeness (QED) is 0.456. The molecule has 4 heteroatoms. The average molecular weight is 206 g/mol. The first-order chi connectivity index (χ1) is 5.79. The van der Waals surface area contributed by atoms with Crippen molar-refractivity contribution >= 4 is 11.0 Å². The van der Waals surface area contributed by atoms with E-state index in [-0.39, 0.29) is 17.1 Å². The van der Waals surface area contributed by atoms with Crippen molar-refractivity contribution in [2.24, 2.45) is 0 Å². The van der Waals surface area contributed by atoms with Crippen LogP contribution in [0.15, 0.2) is 0 Å². The molecule has 1 unspecified atom stereocenters. The average Bonchev–Trinajstić information content (AvgIpc) is 2.66. The van der Waals surface area contributed by atoms with Crippen molar-refractivity contribution in [2.45, 2.75) is 39.1 Å². The molecular formula is C9H22O3Si. The molecule has 0 bridgehead atoms. The molecule has 0 N–H and O–H groups in total. The third-order valence-electron chi connectivity index (χ3n) is 1.95. The van der Waals surface area contributed by atoms with E-state index in [4.69, 9.17) is 14.2 Å². The highest BCUT2D eigenvalue weighted by molar-refractivity contribution is 5.75. The Morgan fingerprint density at radius 2 is 1.62 bits per heavy atom. The number of ether oxygens (including phenoxy) is 3. The summed E-state index contributed by atoms with van der Waals surface area (Å²) < 4.78 is 16.4. The van der Waals surface area contributed by atoms with Gasteiger partial charge in [0.15, 0.2) is 5.79 Å². The highest BCUT2D eigenvalue weighted by Gasteiger charge is 2.58. The molecule has 1 rings (SSSR count). The summed E-state index contributed by atoms with van der Waals surface area (Å²) in [5.74, 6) is -0.403. The Kier molecular flexibility index (Phi) is 5.79. The van der Waals surface area contributed by atoms with Crippen LogP contribution >= 0.6 is 0 Å². The van der Waals surface area contributed by atoms with Gasteiger partial charge in [-0.3, -0.25) is 0 Å². The number of rotatable bonds is 6. The fourth-order valence-corrected chi connectivity index (χ4v) is 1.42. The SMILES string of the molecule is CCOC1CC1(OCC)OCC.[SiH4]. The molecule has 80 valence electrons. The Labute approximate surface area is 84.8 Å². The lowest BCUT2D eigenvalue weighted by atomic mass is 10.6. The van der Waals surface area contributed by atoms with Gasteiger partial charge in [-0.15, -0.1) is 0 Å². The molecule has 1 aliphatic carbocycles. The number of hydrogen-bond donors (Lipinski definition) is 0. The maximum Gasteiger partial charge on any atom is 0.197 e. The zero-order valence-corrected chi connectivity index (χ0v) is 8.13. The fourth-order valence-electron chi connectivity index (χ4n) is 1.42. The molecule has 0 aromatic rings. The number of hydrogen-bond acceptors (Lipinski definition) is 3. The smallest absolute Gasteiger partial charge is 0.197 e. The molecular weight excluding hydrogens is 184 g/mol. The molecule has 0 heterocycles. The van der Waals surface area contributed by atoms with Gasteiger partial charge < -0.3 is 14.2 Å². The Bertz CT molecular complexity index is 135. The van der Waals surface area contributed by atoms with Crippen LogP contribution in [0.2, 0.25) is 0 Å². The zero-order valence-electron chi connectivity index (χ0n) is 8.13. The van der Waals surface area contributed by atoms with Gasteiger partial charge in [-0.1, -0.05) is 0 Å². The van der Waals surface area contributed by atoms with E-state index in [9.17, 15) is 0 Å². The summed E-state index contributed by atoms with van der Waals surface area (Å²) in [6.45, 7) is 8.03. The van der Waals surface area contributed by atoms with Crippen molar-refractivity contribution in [1.82, 2.24) is 0 Å². The summed E-state index contributed by atoms with van der Waals surface area (Å²) in [7, 11) is 0. The molecule has 0 amide bonds. The van der Waals surface area contributed by atoms with Crippen molar-refractivity contribution in [3.63, 3.8) is 0 Å². The van der Waals surface area contributed by atoms with E-state index < -0.39 is 5.79 Å². The molecule has 13 heavy (non-hydrogen) atoms. The van der Waals surface area contributed by atoms with E-state index in [2.05, 4.69) is 0 Å². The molecule has 1 atom stereocenters. The van der Waals surface area contributed by atoms with Crippen molar-refractivity contribution < 1.29 is 14.2 Å². The lowest BCUT2D eigenvalue weighted by Gasteiger charge is -2.16. The molecule has 1 saturated carbocycles. The minimum Gasteiger partial charge on any atom is -0.373 e. The molecule has 0 aromatic carbocycles. The van der Waals surface area contributed by atoms with Crippen molar-refractivity contribution in [1.29, 1.82) is 0 Å². The highest BCUT2D eigenvalue weighted by atomic mass is 28.1. The Balaban J connectivity index is 0.00000144. The van der Waals surface area contributed by atoms with Crippen LogP contribution in [-0.2, 0) is 14.2 Å². The zero-order chi connectivity index (χ0) is 9.03. The summed E-state index contributed by atoms with van der Waals surface area (Å²) >= 11 is 0. The standard InChI is InChI=1S/C9H18O3.H4Si/c1-4-10-8-7-9(8,11-5-2)12-6-3;/h8H,4-7H2,1-3H3;1H4. The van der Waals surface area contributed by atoms with Crippen molar-refractivity contribution in [2.75, 3.05) is 19.8 Å². The van der Waals surface area contributed by atoms with Crippen LogP contribution in [0.25, 0.3) is 0 Å². The lowest BCUT2D eigenvalue weighted by Crippen LogP contribution is -2.25. The molecule has 1 aliphatic rings. The monoisotopic (exact) mass is 206 g/mol. The van der Waals surface area contributed by atoms with Crippen molar-refractivity contribution in [3.8, 4) is 0 Å². The summed E-state index contributed by atoms with van der Waals surface area (Å²) in [4.78, 5) is 0. The topological polar surface area (TPSA) is 27.7 Å². The predicted molar refractivity (Wildman–Crippen MR) is 57.3 cm³/mol. The van der Waals surface area contributed by atoms with Gasteiger partial charge in [-0.2, -0.15) is 0 Å². The van der Waals surface area contributed by atoms with Crippen LogP contribution in [0.1, 0.15) is 27.2 Å². The largest absolute Gasteiger partial charge is 0.373 e. The van der Waals surface area contributed by atoms with Gasteiger partial charge in [0, 0.05) is 26.2 Å². The van der Waals surface area contributed by atoms with Crippen LogP contribution in [0.4, 0.5) is 0 Å². The van der Waals surface area contributed by atoms with E-state index in [0.717, 1.165) is 13.0 Å². The first-order valence-electron chi connectivity index (χ1n) is 4.68. The fraction of sp³-hybridized carbons (Fsp3) is 1.00. The third kappa shape index (κ3) is 3.05. The molecule has 3 nitrogen and oxygen atoms in total. The first-order valence-corrected chi connectivity index (χ1v) is 4.68. The van der Waals surface area contributed by atoms with Gasteiger partial charge in [0.1, 0.15) is 6.10 Å². The predicted octanol–water partition coefficient (Wildman–Crippen LogP) is 0.113. The van der Waals surface area contributed by atoms with Crippen LogP contribution in [0.5, 0.6) is 0 Å². The van der Waals surface area contributed by atoms with Gasteiger partial charge in [0.05, 0.1) is 0 Å². The van der Waals surface area contributed by atoms with E-state index >= 15 is 0 Å². The van der Waals surface area contributed by atoms with E-state index in [1.807, 2.05) is 20.8 Å². The molecule has 0 aliphatic heterocycles. The normalized spacial score (nSPS) is 23.8. The van der Waals surface area contributed by atoms with Crippen molar-refractivity contribution in [3.05, 3.63) is 0 Å². The maximum atomic E-state index is 5.50. The lowest BCUT2D eigenvalue weighted by molar-refractivity contribution is -0.186. The summed E-state index contributed by atoms with van der Waals surface area (Å²) in [5.41, 5.74) is 0. The second-order valence-corrected chi connectivity index (χ2v) is 2.83. The second kappa shape index (κ2) is 5.75. The Morgan fingerprint density at radius 1 is 1.08 bits per heavy atom. The van der Waals surface area contributed by atoms with Gasteiger partial charge in [-0.25, -0.2) is 0 Å². The van der Waals surface area contributed by atoms with Gasteiger partial charge in [0.2, 0.25) is 0 Å².